The van der Waals surface area contributed by atoms with Crippen molar-refractivity contribution in [2.45, 2.75) is 52.2 Å². The van der Waals surface area contributed by atoms with Crippen molar-refractivity contribution < 1.29 is 24.2 Å². The maximum absolute atomic E-state index is 11.4. The predicted octanol–water partition coefficient (Wildman–Crippen LogP) is 0.881. The number of ether oxygens (including phenoxy) is 1. The number of aliphatic carboxylic acids is 1. The number of carboxylic acid groups (broad SMARTS) is 1. The number of carboxylic acids is 1. The van der Waals surface area contributed by atoms with Crippen LogP contribution >= 0.6 is 0 Å². The first kappa shape index (κ1) is 17.2. The van der Waals surface area contributed by atoms with Crippen molar-refractivity contribution in [1.29, 1.82) is 0 Å². The van der Waals surface area contributed by atoms with Crippen molar-refractivity contribution in [3.8, 4) is 0 Å². The molecule has 0 bridgehead atoms. The SMILES string of the molecule is CC(=O)NCCCC(NC(=O)OC(C)(C)C)C(=O)O. The molecule has 2 amide bonds. The summed E-state index contributed by atoms with van der Waals surface area (Å²) in [6, 6.07) is -1.02. The van der Waals surface area contributed by atoms with Gasteiger partial charge in [-0.05, 0) is 33.6 Å². The lowest BCUT2D eigenvalue weighted by atomic mass is 10.1. The maximum Gasteiger partial charge on any atom is 0.408 e. The fourth-order valence-electron chi connectivity index (χ4n) is 1.28. The molecule has 1 unspecified atom stereocenters. The Bertz CT molecular complexity index is 336. The van der Waals surface area contributed by atoms with Gasteiger partial charge in [0, 0.05) is 13.5 Å². The zero-order valence-electron chi connectivity index (χ0n) is 11.8. The van der Waals surface area contributed by atoms with Gasteiger partial charge in [0.15, 0.2) is 0 Å². The quantitative estimate of drug-likeness (QED) is 0.624. The summed E-state index contributed by atoms with van der Waals surface area (Å²) in [7, 11) is 0. The minimum atomic E-state index is -1.13. The Balaban J connectivity index is 4.16. The third kappa shape index (κ3) is 9.87. The highest BCUT2D eigenvalue weighted by atomic mass is 16.6. The number of nitrogens with one attached hydrogen (secondary N) is 2. The first-order chi connectivity index (χ1) is 8.61. The highest BCUT2D eigenvalue weighted by molar-refractivity contribution is 5.80. The van der Waals surface area contributed by atoms with Crippen LogP contribution < -0.4 is 10.6 Å². The van der Waals surface area contributed by atoms with Gasteiger partial charge in [0.2, 0.25) is 5.91 Å². The number of rotatable bonds is 6. The number of alkyl carbamates (subject to hydrolysis) is 1. The minimum Gasteiger partial charge on any atom is -0.480 e. The van der Waals surface area contributed by atoms with Crippen LogP contribution in [0, 0.1) is 0 Å². The van der Waals surface area contributed by atoms with Gasteiger partial charge in [-0.3, -0.25) is 4.79 Å². The van der Waals surface area contributed by atoms with E-state index in [0.717, 1.165) is 0 Å². The number of amides is 2. The van der Waals surface area contributed by atoms with E-state index in [2.05, 4.69) is 10.6 Å². The van der Waals surface area contributed by atoms with Crippen LogP contribution in [0.25, 0.3) is 0 Å². The maximum atomic E-state index is 11.4. The van der Waals surface area contributed by atoms with Crippen LogP contribution in [-0.4, -0.2) is 41.3 Å². The molecule has 1 atom stereocenters. The molecule has 0 aliphatic carbocycles. The molecule has 3 N–H and O–H groups in total. The van der Waals surface area contributed by atoms with Crippen molar-refractivity contribution in [2.24, 2.45) is 0 Å². The number of hydrogen-bond donors (Lipinski definition) is 3. The Hall–Kier alpha value is -1.79. The minimum absolute atomic E-state index is 0.174. The highest BCUT2D eigenvalue weighted by Crippen LogP contribution is 2.07. The molecule has 7 nitrogen and oxygen atoms in total. The third-order valence-electron chi connectivity index (χ3n) is 2.03. The fraction of sp³-hybridized carbons (Fsp3) is 0.750. The molecule has 0 heterocycles. The molecule has 110 valence electrons. The van der Waals surface area contributed by atoms with Crippen LogP contribution in [0.15, 0.2) is 0 Å². The molecule has 0 rings (SSSR count). The van der Waals surface area contributed by atoms with Crippen molar-refractivity contribution in [3.63, 3.8) is 0 Å². The molecule has 0 aromatic heterocycles. The van der Waals surface area contributed by atoms with Gasteiger partial charge in [-0.2, -0.15) is 0 Å². The van der Waals surface area contributed by atoms with Gasteiger partial charge in [0.1, 0.15) is 11.6 Å². The standard InChI is InChI=1S/C12H22N2O5/c1-8(15)13-7-5-6-9(10(16)17)14-11(18)19-12(2,3)4/h9H,5-7H2,1-4H3,(H,13,15)(H,14,18)(H,16,17). The van der Waals surface area contributed by atoms with Gasteiger partial charge in [-0.25, -0.2) is 9.59 Å². The van der Waals surface area contributed by atoms with Crippen LogP contribution in [0.4, 0.5) is 4.79 Å². The number of carbonyl (C=O) groups is 3. The van der Waals surface area contributed by atoms with E-state index in [0.29, 0.717) is 13.0 Å². The summed E-state index contributed by atoms with van der Waals surface area (Å²) in [5.41, 5.74) is -0.677. The van der Waals surface area contributed by atoms with E-state index in [4.69, 9.17) is 9.84 Å². The average Bonchev–Trinajstić information content (AvgIpc) is 2.19. The molecule has 0 saturated heterocycles. The fourth-order valence-corrected chi connectivity index (χ4v) is 1.28. The van der Waals surface area contributed by atoms with Crippen molar-refractivity contribution in [3.05, 3.63) is 0 Å². The lowest BCUT2D eigenvalue weighted by molar-refractivity contribution is -0.139. The molecular formula is C12H22N2O5. The average molecular weight is 274 g/mol. The van der Waals surface area contributed by atoms with Crippen LogP contribution in [0.2, 0.25) is 0 Å². The Morgan fingerprint density at radius 1 is 1.26 bits per heavy atom. The molecular weight excluding hydrogens is 252 g/mol. The van der Waals surface area contributed by atoms with Crippen LogP contribution in [-0.2, 0) is 14.3 Å². The number of hydrogen-bond acceptors (Lipinski definition) is 4. The summed E-state index contributed by atoms with van der Waals surface area (Å²) in [5.74, 6) is -1.30. The molecule has 0 spiro atoms. The summed E-state index contributed by atoms with van der Waals surface area (Å²) >= 11 is 0. The zero-order chi connectivity index (χ0) is 15.1. The normalized spacial score (nSPS) is 12.4. The summed E-state index contributed by atoms with van der Waals surface area (Å²) in [4.78, 5) is 33.1. The number of carbonyl (C=O) groups excluding carboxylic acids is 2. The first-order valence-electron chi connectivity index (χ1n) is 6.08. The monoisotopic (exact) mass is 274 g/mol. The van der Waals surface area contributed by atoms with E-state index in [1.807, 2.05) is 0 Å². The Morgan fingerprint density at radius 3 is 2.26 bits per heavy atom. The second-order valence-electron chi connectivity index (χ2n) is 5.16. The lowest BCUT2D eigenvalue weighted by Gasteiger charge is -2.22. The largest absolute Gasteiger partial charge is 0.480 e. The van der Waals surface area contributed by atoms with Crippen molar-refractivity contribution in [1.82, 2.24) is 10.6 Å². The highest BCUT2D eigenvalue weighted by Gasteiger charge is 2.23. The smallest absolute Gasteiger partial charge is 0.408 e. The second-order valence-corrected chi connectivity index (χ2v) is 5.16. The third-order valence-corrected chi connectivity index (χ3v) is 2.03. The van der Waals surface area contributed by atoms with Gasteiger partial charge in [-0.15, -0.1) is 0 Å². The molecule has 0 aliphatic heterocycles. The predicted molar refractivity (Wildman–Crippen MR) is 68.7 cm³/mol. The van der Waals surface area contributed by atoms with Gasteiger partial charge >= 0.3 is 12.1 Å². The Labute approximate surface area is 112 Å². The van der Waals surface area contributed by atoms with Crippen LogP contribution in [0.1, 0.15) is 40.5 Å². The Morgan fingerprint density at radius 2 is 1.84 bits per heavy atom. The van der Waals surface area contributed by atoms with E-state index in [9.17, 15) is 14.4 Å². The topological polar surface area (TPSA) is 105 Å². The molecule has 19 heavy (non-hydrogen) atoms. The van der Waals surface area contributed by atoms with Gasteiger partial charge in [0.25, 0.3) is 0 Å². The van der Waals surface area contributed by atoms with Gasteiger partial charge in [0.05, 0.1) is 0 Å². The second kappa shape index (κ2) is 7.60. The van der Waals surface area contributed by atoms with Crippen molar-refractivity contribution >= 4 is 18.0 Å². The van der Waals surface area contributed by atoms with E-state index >= 15 is 0 Å². The summed E-state index contributed by atoms with van der Waals surface area (Å²) < 4.78 is 4.98. The summed E-state index contributed by atoms with van der Waals surface area (Å²) in [5, 5.41) is 13.8. The summed E-state index contributed by atoms with van der Waals surface area (Å²) in [6.07, 6.45) is -0.0966. The zero-order valence-corrected chi connectivity index (χ0v) is 11.8. The van der Waals surface area contributed by atoms with Crippen LogP contribution in [0.3, 0.4) is 0 Å². The Kier molecular flexibility index (Phi) is 6.89. The van der Waals surface area contributed by atoms with E-state index in [-0.39, 0.29) is 12.3 Å². The van der Waals surface area contributed by atoms with Crippen LogP contribution in [0.5, 0.6) is 0 Å². The van der Waals surface area contributed by atoms with E-state index < -0.39 is 23.7 Å². The molecule has 0 saturated carbocycles. The van der Waals surface area contributed by atoms with E-state index in [1.54, 1.807) is 20.8 Å². The first-order valence-corrected chi connectivity index (χ1v) is 6.08. The van der Waals surface area contributed by atoms with Gasteiger partial charge < -0.3 is 20.5 Å². The molecule has 0 aromatic rings. The van der Waals surface area contributed by atoms with E-state index in [1.165, 1.54) is 6.92 Å². The molecule has 7 heteroatoms. The van der Waals surface area contributed by atoms with Gasteiger partial charge in [-0.1, -0.05) is 0 Å². The van der Waals surface area contributed by atoms with Crippen molar-refractivity contribution in [2.75, 3.05) is 6.54 Å². The molecule has 0 aromatic carbocycles. The molecule has 0 radical (unpaired) electrons. The summed E-state index contributed by atoms with van der Waals surface area (Å²) in [6.45, 7) is 6.83. The molecule has 0 aliphatic rings. The lowest BCUT2D eigenvalue weighted by Crippen LogP contribution is -2.43. The molecule has 0 fully saturated rings.